The Hall–Kier alpha value is -2.63. The number of nitrogens with zero attached hydrogens (tertiary/aromatic N) is 1. The normalized spacial score (nSPS) is 8.84. The number of hydrogen-bond donors (Lipinski definition) is 3. The van der Waals surface area contributed by atoms with E-state index < -0.39 is 23.7 Å². The van der Waals surface area contributed by atoms with E-state index >= 15 is 0 Å². The number of nitrogens with one attached hydrogen (secondary N) is 3. The monoisotopic (exact) mass is 270 g/mol. The number of methoxy groups -OCH3 is 1. The van der Waals surface area contributed by atoms with Gasteiger partial charge in [0.2, 0.25) is 11.8 Å². The number of esters is 1. The molecule has 0 aliphatic carbocycles. The molecule has 0 aliphatic rings. The maximum absolute atomic E-state index is 11.2. The SMILES string of the molecule is [C-]#[N+]CC(=O)NCC(=O)NCC(=O)NCC(=O)OC. The zero-order chi connectivity index (χ0) is 14.7. The van der Waals surface area contributed by atoms with E-state index in [9.17, 15) is 19.2 Å². The first-order chi connectivity index (χ1) is 8.99. The minimum absolute atomic E-state index is 0.285. The van der Waals surface area contributed by atoms with Crippen molar-refractivity contribution in [2.45, 2.75) is 0 Å². The molecule has 0 atom stereocenters. The van der Waals surface area contributed by atoms with Crippen LogP contribution in [-0.2, 0) is 23.9 Å². The molecule has 104 valence electrons. The van der Waals surface area contributed by atoms with Crippen molar-refractivity contribution in [3.8, 4) is 0 Å². The summed E-state index contributed by atoms with van der Waals surface area (Å²) in [6, 6.07) is 0. The van der Waals surface area contributed by atoms with Crippen molar-refractivity contribution < 1.29 is 23.9 Å². The van der Waals surface area contributed by atoms with Crippen LogP contribution in [-0.4, -0.2) is 57.0 Å². The molecule has 0 unspecified atom stereocenters. The maximum atomic E-state index is 11.2. The number of rotatable bonds is 7. The van der Waals surface area contributed by atoms with Crippen LogP contribution in [0, 0.1) is 6.57 Å². The molecule has 0 radical (unpaired) electrons. The van der Waals surface area contributed by atoms with E-state index in [1.165, 1.54) is 7.11 Å². The summed E-state index contributed by atoms with van der Waals surface area (Å²) in [5.41, 5.74) is 0. The first-order valence-corrected chi connectivity index (χ1v) is 5.19. The molecule has 9 heteroatoms. The summed E-state index contributed by atoms with van der Waals surface area (Å²) in [5, 5.41) is 6.64. The van der Waals surface area contributed by atoms with Crippen LogP contribution in [0.15, 0.2) is 0 Å². The van der Waals surface area contributed by atoms with E-state index in [-0.39, 0.29) is 26.2 Å². The van der Waals surface area contributed by atoms with Crippen LogP contribution < -0.4 is 16.0 Å². The number of hydrogen-bond acceptors (Lipinski definition) is 5. The second kappa shape index (κ2) is 9.41. The first kappa shape index (κ1) is 16.4. The largest absolute Gasteiger partial charge is 0.468 e. The van der Waals surface area contributed by atoms with Crippen LogP contribution in [0.1, 0.15) is 0 Å². The Morgan fingerprint density at radius 3 is 1.89 bits per heavy atom. The predicted molar refractivity (Wildman–Crippen MR) is 62.5 cm³/mol. The molecule has 3 amide bonds. The Morgan fingerprint density at radius 2 is 1.42 bits per heavy atom. The maximum Gasteiger partial charge on any atom is 0.325 e. The highest BCUT2D eigenvalue weighted by atomic mass is 16.5. The fourth-order valence-corrected chi connectivity index (χ4v) is 0.853. The van der Waals surface area contributed by atoms with Gasteiger partial charge in [0, 0.05) is 0 Å². The van der Waals surface area contributed by atoms with Gasteiger partial charge in [0.15, 0.2) is 0 Å². The molecule has 0 saturated heterocycles. The van der Waals surface area contributed by atoms with E-state index in [0.29, 0.717) is 0 Å². The Balaban J connectivity index is 3.73. The smallest absolute Gasteiger partial charge is 0.325 e. The summed E-state index contributed by atoms with van der Waals surface area (Å²) in [5.74, 6) is -2.32. The van der Waals surface area contributed by atoms with Gasteiger partial charge in [-0.15, -0.1) is 0 Å². The van der Waals surface area contributed by atoms with Gasteiger partial charge in [-0.3, -0.25) is 19.2 Å². The molecule has 0 bridgehead atoms. The molecule has 0 spiro atoms. The van der Waals surface area contributed by atoms with Gasteiger partial charge in [-0.05, 0) is 0 Å². The third kappa shape index (κ3) is 9.11. The molecule has 0 aromatic rings. The molecule has 0 rings (SSSR count). The molecule has 9 nitrogen and oxygen atoms in total. The lowest BCUT2D eigenvalue weighted by atomic mass is 10.5. The predicted octanol–water partition coefficient (Wildman–Crippen LogP) is -2.57. The minimum atomic E-state index is -0.605. The molecule has 3 N–H and O–H groups in total. The van der Waals surface area contributed by atoms with Crippen LogP contribution >= 0.6 is 0 Å². The summed E-state index contributed by atoms with van der Waals surface area (Å²) >= 11 is 0. The van der Waals surface area contributed by atoms with Crippen molar-refractivity contribution in [2.75, 3.05) is 33.3 Å². The molecule has 0 heterocycles. The summed E-state index contributed by atoms with van der Waals surface area (Å²) < 4.78 is 4.30. The second-order valence-corrected chi connectivity index (χ2v) is 3.22. The summed E-state index contributed by atoms with van der Waals surface area (Å²) in [7, 11) is 1.18. The van der Waals surface area contributed by atoms with E-state index in [0.717, 1.165) is 0 Å². The van der Waals surface area contributed by atoms with Crippen LogP contribution in [0.3, 0.4) is 0 Å². The molecule has 0 saturated carbocycles. The van der Waals surface area contributed by atoms with Crippen LogP contribution in [0.5, 0.6) is 0 Å². The second-order valence-electron chi connectivity index (χ2n) is 3.22. The average molecular weight is 270 g/mol. The Kier molecular flexibility index (Phi) is 8.10. The first-order valence-electron chi connectivity index (χ1n) is 5.19. The van der Waals surface area contributed by atoms with Crippen molar-refractivity contribution in [1.29, 1.82) is 0 Å². The van der Waals surface area contributed by atoms with Crippen LogP contribution in [0.2, 0.25) is 0 Å². The van der Waals surface area contributed by atoms with Crippen LogP contribution in [0.25, 0.3) is 4.85 Å². The van der Waals surface area contributed by atoms with Gasteiger partial charge in [0.1, 0.15) is 6.54 Å². The lowest BCUT2D eigenvalue weighted by Crippen LogP contribution is -2.43. The lowest BCUT2D eigenvalue weighted by Gasteiger charge is -2.06. The molecule has 19 heavy (non-hydrogen) atoms. The van der Waals surface area contributed by atoms with E-state index in [4.69, 9.17) is 6.57 Å². The van der Waals surface area contributed by atoms with Gasteiger partial charge in [-0.1, -0.05) is 0 Å². The number of ether oxygens (including phenoxy) is 1. The number of amides is 3. The number of carbonyl (C=O) groups excluding carboxylic acids is 4. The highest BCUT2D eigenvalue weighted by Gasteiger charge is 2.09. The topological polar surface area (TPSA) is 118 Å². The van der Waals surface area contributed by atoms with Crippen molar-refractivity contribution in [3.05, 3.63) is 11.4 Å². The zero-order valence-corrected chi connectivity index (χ0v) is 10.3. The zero-order valence-electron chi connectivity index (χ0n) is 10.3. The van der Waals surface area contributed by atoms with Crippen molar-refractivity contribution in [1.82, 2.24) is 16.0 Å². The third-order valence-electron chi connectivity index (χ3n) is 1.77. The van der Waals surface area contributed by atoms with Gasteiger partial charge < -0.3 is 25.5 Å². The Labute approximate surface area is 109 Å². The molecule has 0 aromatic carbocycles. The standard InChI is InChI=1S/C10H14N4O5/c1-11-3-7(15)12-4-8(16)13-5-9(17)14-6-10(18)19-2/h3-6H2,2H3,(H,12,15)(H,13,16)(H,14,17). The van der Waals surface area contributed by atoms with Gasteiger partial charge in [-0.2, -0.15) is 0 Å². The van der Waals surface area contributed by atoms with E-state index in [1.807, 2.05) is 0 Å². The Morgan fingerprint density at radius 1 is 0.947 bits per heavy atom. The summed E-state index contributed by atoms with van der Waals surface area (Å²) in [6.07, 6.45) is 0. The van der Waals surface area contributed by atoms with Gasteiger partial charge in [0.25, 0.3) is 6.54 Å². The fraction of sp³-hybridized carbons (Fsp3) is 0.500. The fourth-order valence-electron chi connectivity index (χ4n) is 0.853. The van der Waals surface area contributed by atoms with Crippen molar-refractivity contribution >= 4 is 23.7 Å². The quantitative estimate of drug-likeness (QED) is 0.347. The van der Waals surface area contributed by atoms with Crippen LogP contribution in [0.4, 0.5) is 0 Å². The number of carbonyl (C=O) groups is 4. The molecule has 0 aromatic heterocycles. The van der Waals surface area contributed by atoms with Gasteiger partial charge in [0.05, 0.1) is 20.2 Å². The lowest BCUT2D eigenvalue weighted by molar-refractivity contribution is -0.141. The van der Waals surface area contributed by atoms with Gasteiger partial charge >= 0.3 is 11.9 Å². The summed E-state index contributed by atoms with van der Waals surface area (Å²) in [6.45, 7) is 5.14. The highest BCUT2D eigenvalue weighted by Crippen LogP contribution is 1.73. The molecule has 0 aliphatic heterocycles. The molecular formula is C10H14N4O5. The highest BCUT2D eigenvalue weighted by molar-refractivity contribution is 5.89. The third-order valence-corrected chi connectivity index (χ3v) is 1.77. The summed E-state index contributed by atoms with van der Waals surface area (Å²) in [4.78, 5) is 46.7. The average Bonchev–Trinajstić information content (AvgIpc) is 2.40. The van der Waals surface area contributed by atoms with E-state index in [2.05, 4.69) is 25.5 Å². The van der Waals surface area contributed by atoms with Crippen molar-refractivity contribution in [2.24, 2.45) is 0 Å². The van der Waals surface area contributed by atoms with Crippen molar-refractivity contribution in [3.63, 3.8) is 0 Å². The molecule has 0 fully saturated rings. The Bertz CT molecular complexity index is 401. The molecular weight excluding hydrogens is 256 g/mol. The van der Waals surface area contributed by atoms with E-state index in [1.54, 1.807) is 0 Å². The van der Waals surface area contributed by atoms with Gasteiger partial charge in [-0.25, -0.2) is 6.57 Å². The minimum Gasteiger partial charge on any atom is -0.468 e.